The SMILES string of the molecule is CCC(CCO)CCOC(C)C1CCC2C(O)CC[C@@H](C)C21. The lowest BCUT2D eigenvalue weighted by Crippen LogP contribution is -2.39. The van der Waals surface area contributed by atoms with Gasteiger partial charge in [-0.05, 0) is 75.0 Å². The number of hydrogen-bond acceptors (Lipinski definition) is 3. The van der Waals surface area contributed by atoms with Gasteiger partial charge < -0.3 is 14.9 Å². The highest BCUT2D eigenvalue weighted by molar-refractivity contribution is 4.96. The second-order valence-corrected chi connectivity index (χ2v) is 7.76. The zero-order valence-corrected chi connectivity index (χ0v) is 14.7. The highest BCUT2D eigenvalue weighted by atomic mass is 16.5. The number of fused-ring (bicyclic) bond motifs is 1. The van der Waals surface area contributed by atoms with E-state index in [1.807, 2.05) is 0 Å². The van der Waals surface area contributed by atoms with Crippen LogP contribution < -0.4 is 0 Å². The van der Waals surface area contributed by atoms with E-state index in [1.165, 1.54) is 19.3 Å². The Kier molecular flexibility index (Phi) is 7.17. The summed E-state index contributed by atoms with van der Waals surface area (Å²) < 4.78 is 6.17. The van der Waals surface area contributed by atoms with Gasteiger partial charge in [0.25, 0.3) is 0 Å². The molecule has 2 fully saturated rings. The van der Waals surface area contributed by atoms with Crippen molar-refractivity contribution in [2.45, 2.75) is 77.9 Å². The van der Waals surface area contributed by atoms with Gasteiger partial charge in [0.2, 0.25) is 0 Å². The molecule has 0 saturated heterocycles. The molecule has 22 heavy (non-hydrogen) atoms. The zero-order chi connectivity index (χ0) is 16.1. The molecule has 6 unspecified atom stereocenters. The smallest absolute Gasteiger partial charge is 0.0578 e. The summed E-state index contributed by atoms with van der Waals surface area (Å²) in [5, 5.41) is 19.3. The molecule has 2 aliphatic carbocycles. The van der Waals surface area contributed by atoms with Crippen LogP contribution in [0.1, 0.15) is 65.7 Å². The first-order valence-electron chi connectivity index (χ1n) is 9.49. The Labute approximate surface area is 136 Å². The summed E-state index contributed by atoms with van der Waals surface area (Å²) in [6.45, 7) is 7.88. The fourth-order valence-electron chi connectivity index (χ4n) is 5.05. The van der Waals surface area contributed by atoms with Gasteiger partial charge in [-0.3, -0.25) is 0 Å². The van der Waals surface area contributed by atoms with Crippen molar-refractivity contribution < 1.29 is 14.9 Å². The molecule has 0 radical (unpaired) electrons. The lowest BCUT2D eigenvalue weighted by Gasteiger charge is -2.40. The van der Waals surface area contributed by atoms with E-state index in [9.17, 15) is 5.11 Å². The summed E-state index contributed by atoms with van der Waals surface area (Å²) in [5.41, 5.74) is 0. The Morgan fingerprint density at radius 3 is 2.59 bits per heavy atom. The average Bonchev–Trinajstić information content (AvgIpc) is 2.96. The molecule has 7 atom stereocenters. The number of rotatable bonds is 8. The largest absolute Gasteiger partial charge is 0.396 e. The maximum absolute atomic E-state index is 10.3. The predicted octanol–water partition coefficient (Wildman–Crippen LogP) is 3.62. The third-order valence-electron chi connectivity index (χ3n) is 6.52. The molecule has 0 heterocycles. The molecule has 2 N–H and O–H groups in total. The van der Waals surface area contributed by atoms with Crippen LogP contribution in [0.2, 0.25) is 0 Å². The Hall–Kier alpha value is -0.120. The van der Waals surface area contributed by atoms with Crippen molar-refractivity contribution in [1.82, 2.24) is 0 Å². The van der Waals surface area contributed by atoms with E-state index < -0.39 is 0 Å². The van der Waals surface area contributed by atoms with Crippen molar-refractivity contribution in [3.8, 4) is 0 Å². The van der Waals surface area contributed by atoms with Gasteiger partial charge in [0.05, 0.1) is 12.2 Å². The molecule has 0 spiro atoms. The van der Waals surface area contributed by atoms with E-state index in [0.717, 1.165) is 38.2 Å². The quantitative estimate of drug-likeness (QED) is 0.719. The van der Waals surface area contributed by atoms with Crippen molar-refractivity contribution in [3.63, 3.8) is 0 Å². The van der Waals surface area contributed by atoms with Gasteiger partial charge in [0.15, 0.2) is 0 Å². The summed E-state index contributed by atoms with van der Waals surface area (Å²) >= 11 is 0. The molecule has 0 aromatic carbocycles. The summed E-state index contributed by atoms with van der Waals surface area (Å²) in [7, 11) is 0. The third-order valence-corrected chi connectivity index (χ3v) is 6.52. The first-order valence-corrected chi connectivity index (χ1v) is 9.49. The maximum atomic E-state index is 10.3. The minimum Gasteiger partial charge on any atom is -0.396 e. The maximum Gasteiger partial charge on any atom is 0.0578 e. The fourth-order valence-corrected chi connectivity index (χ4v) is 5.05. The summed E-state index contributed by atoms with van der Waals surface area (Å²) in [6, 6.07) is 0. The Balaban J connectivity index is 1.81. The third kappa shape index (κ3) is 4.24. The first-order chi connectivity index (χ1) is 10.6. The molecular weight excluding hydrogens is 276 g/mol. The molecule has 0 aromatic heterocycles. The monoisotopic (exact) mass is 312 g/mol. The number of ether oxygens (including phenoxy) is 1. The topological polar surface area (TPSA) is 49.7 Å². The van der Waals surface area contributed by atoms with Gasteiger partial charge in [-0.1, -0.05) is 20.3 Å². The average molecular weight is 312 g/mol. The van der Waals surface area contributed by atoms with Gasteiger partial charge in [0.1, 0.15) is 0 Å². The van der Waals surface area contributed by atoms with Gasteiger partial charge in [-0.25, -0.2) is 0 Å². The van der Waals surface area contributed by atoms with E-state index in [2.05, 4.69) is 20.8 Å². The molecule has 2 aliphatic rings. The van der Waals surface area contributed by atoms with Crippen LogP contribution in [0.15, 0.2) is 0 Å². The van der Waals surface area contributed by atoms with Gasteiger partial charge >= 0.3 is 0 Å². The lowest BCUT2D eigenvalue weighted by atomic mass is 9.69. The lowest BCUT2D eigenvalue weighted by molar-refractivity contribution is -0.0389. The number of aliphatic hydroxyl groups excluding tert-OH is 2. The predicted molar refractivity (Wildman–Crippen MR) is 89.6 cm³/mol. The molecule has 3 nitrogen and oxygen atoms in total. The highest BCUT2D eigenvalue weighted by Gasteiger charge is 2.47. The van der Waals surface area contributed by atoms with Crippen molar-refractivity contribution in [3.05, 3.63) is 0 Å². The first kappa shape index (κ1) is 18.2. The Bertz CT molecular complexity index is 320. The molecule has 2 saturated carbocycles. The van der Waals surface area contributed by atoms with Crippen LogP contribution in [0.3, 0.4) is 0 Å². The van der Waals surface area contributed by atoms with Crippen LogP contribution in [-0.2, 0) is 4.74 Å². The second kappa shape index (κ2) is 8.65. The van der Waals surface area contributed by atoms with E-state index in [4.69, 9.17) is 9.84 Å². The van der Waals surface area contributed by atoms with E-state index in [1.54, 1.807) is 0 Å². The standard InChI is InChI=1S/C19H36O3/c1-4-15(9-11-20)10-12-22-14(3)16-6-7-17-18(21)8-5-13(2)19(16)17/h13-21H,4-12H2,1-3H3/t13-,14?,15?,16?,17?,18?,19?/m1/s1. The van der Waals surface area contributed by atoms with Crippen molar-refractivity contribution in [2.24, 2.45) is 29.6 Å². The minimum absolute atomic E-state index is 0.0765. The van der Waals surface area contributed by atoms with Crippen LogP contribution in [0.5, 0.6) is 0 Å². The number of hydrogen-bond donors (Lipinski definition) is 2. The molecule has 130 valence electrons. The molecular formula is C19H36O3. The Morgan fingerprint density at radius 2 is 1.91 bits per heavy atom. The van der Waals surface area contributed by atoms with Crippen LogP contribution in [0.25, 0.3) is 0 Å². The van der Waals surface area contributed by atoms with Crippen LogP contribution in [-0.4, -0.2) is 35.6 Å². The molecule has 0 amide bonds. The summed E-state index contributed by atoms with van der Waals surface area (Å²) in [5.74, 6) is 3.09. The van der Waals surface area contributed by atoms with Crippen LogP contribution in [0.4, 0.5) is 0 Å². The fraction of sp³-hybridized carbons (Fsp3) is 1.00. The van der Waals surface area contributed by atoms with E-state index in [-0.39, 0.29) is 12.7 Å². The van der Waals surface area contributed by atoms with E-state index in [0.29, 0.717) is 29.8 Å². The van der Waals surface area contributed by atoms with Crippen molar-refractivity contribution in [2.75, 3.05) is 13.2 Å². The molecule has 2 rings (SSSR count). The van der Waals surface area contributed by atoms with Gasteiger partial charge in [0, 0.05) is 13.2 Å². The van der Waals surface area contributed by atoms with Crippen molar-refractivity contribution in [1.29, 1.82) is 0 Å². The molecule has 3 heteroatoms. The molecule has 0 aromatic rings. The summed E-state index contributed by atoms with van der Waals surface area (Å²) in [4.78, 5) is 0. The highest BCUT2D eigenvalue weighted by Crippen LogP contribution is 2.50. The zero-order valence-electron chi connectivity index (χ0n) is 14.7. The van der Waals surface area contributed by atoms with Gasteiger partial charge in [-0.15, -0.1) is 0 Å². The number of aliphatic hydroxyl groups is 2. The Morgan fingerprint density at radius 1 is 1.14 bits per heavy atom. The second-order valence-electron chi connectivity index (χ2n) is 7.76. The van der Waals surface area contributed by atoms with Crippen molar-refractivity contribution >= 4 is 0 Å². The molecule has 0 bridgehead atoms. The normalized spacial score (nSPS) is 37.8. The van der Waals surface area contributed by atoms with Crippen LogP contribution >= 0.6 is 0 Å². The summed E-state index contributed by atoms with van der Waals surface area (Å²) in [6.07, 6.45) is 7.84. The molecule has 0 aliphatic heterocycles. The van der Waals surface area contributed by atoms with Gasteiger partial charge in [-0.2, -0.15) is 0 Å². The van der Waals surface area contributed by atoms with Crippen LogP contribution in [0, 0.1) is 29.6 Å². The minimum atomic E-state index is -0.0765. The van der Waals surface area contributed by atoms with E-state index >= 15 is 0 Å².